The number of carbonyl (C=O) groups is 1. The number of allylic oxidation sites excluding steroid dienone is 1. The van der Waals surface area contributed by atoms with Gasteiger partial charge in [0.15, 0.2) is 0 Å². The quantitative estimate of drug-likeness (QED) is 0.490. The van der Waals surface area contributed by atoms with Crippen molar-refractivity contribution >= 4 is 17.7 Å². The lowest BCUT2D eigenvalue weighted by molar-refractivity contribution is -0.274. The maximum Gasteiger partial charge on any atom is 0.573 e. The molecule has 7 heteroatoms. The lowest BCUT2D eigenvalue weighted by Crippen LogP contribution is -2.28. The molecule has 2 aromatic rings. The average Bonchev–Trinajstić information content (AvgIpc) is 2.71. The van der Waals surface area contributed by atoms with Crippen molar-refractivity contribution in [2.24, 2.45) is 4.99 Å². The SMILES string of the molecule is C=CC(=O)NCC(=NC)c1ccccc1/C=C/C.Cc1ccc(OC(F)(F)F)cc1.[HH]. The van der Waals surface area contributed by atoms with E-state index in [1.54, 1.807) is 26.1 Å². The molecule has 0 bridgehead atoms. The standard InChI is InChI=1S/C15H18N2O.C8H7F3O.H2/c1-4-8-12-9-6-7-10-13(12)14(16-3)11-17-15(18)5-2;1-6-2-4-7(5-3-6)12-8(9,10)11;/h4-10H,2,11H2,1,3H3,(H,17,18);2-5H,1H3;1H/b8-4+,16-14?;;. The monoisotopic (exact) mass is 420 g/mol. The number of rotatable bonds is 6. The minimum absolute atomic E-state index is 0. The molecular weight excluding hydrogens is 393 g/mol. The maximum atomic E-state index is 11.6. The van der Waals surface area contributed by atoms with Gasteiger partial charge in [-0.1, -0.05) is 60.7 Å². The molecule has 30 heavy (non-hydrogen) atoms. The fourth-order valence-electron chi connectivity index (χ4n) is 2.36. The third-order valence-corrected chi connectivity index (χ3v) is 3.76. The van der Waals surface area contributed by atoms with Gasteiger partial charge < -0.3 is 10.1 Å². The molecular formula is C23H27F3N2O2. The van der Waals surface area contributed by atoms with Crippen LogP contribution < -0.4 is 10.1 Å². The Morgan fingerprint density at radius 1 is 1.20 bits per heavy atom. The number of nitrogens with zero attached hydrogens (tertiary/aromatic N) is 1. The average molecular weight is 420 g/mol. The highest BCUT2D eigenvalue weighted by Crippen LogP contribution is 2.22. The summed E-state index contributed by atoms with van der Waals surface area (Å²) in [6, 6.07) is 13.6. The van der Waals surface area contributed by atoms with Crippen molar-refractivity contribution in [1.82, 2.24) is 5.32 Å². The van der Waals surface area contributed by atoms with Gasteiger partial charge in [0.2, 0.25) is 5.91 Å². The van der Waals surface area contributed by atoms with Crippen LogP contribution in [-0.2, 0) is 4.79 Å². The van der Waals surface area contributed by atoms with Gasteiger partial charge in [-0.15, -0.1) is 13.2 Å². The second-order valence-electron chi connectivity index (χ2n) is 6.04. The predicted molar refractivity (Wildman–Crippen MR) is 117 cm³/mol. The van der Waals surface area contributed by atoms with Crippen LogP contribution in [0.1, 0.15) is 25.0 Å². The summed E-state index contributed by atoms with van der Waals surface area (Å²) < 4.78 is 38.5. The fraction of sp³-hybridized carbons (Fsp3) is 0.217. The lowest BCUT2D eigenvalue weighted by Gasteiger charge is -2.10. The van der Waals surface area contributed by atoms with Gasteiger partial charge in [0.05, 0.1) is 12.3 Å². The molecule has 2 rings (SSSR count). The zero-order valence-corrected chi connectivity index (χ0v) is 17.2. The summed E-state index contributed by atoms with van der Waals surface area (Å²) in [5, 5.41) is 2.74. The summed E-state index contributed by atoms with van der Waals surface area (Å²) in [4.78, 5) is 15.4. The van der Waals surface area contributed by atoms with Gasteiger partial charge in [-0.05, 0) is 37.6 Å². The number of aryl methyl sites for hydroxylation is 1. The molecule has 0 atom stereocenters. The fourth-order valence-corrected chi connectivity index (χ4v) is 2.36. The Balaban J connectivity index is 0.000000605. The molecule has 0 fully saturated rings. The number of nitrogens with one attached hydrogen (secondary N) is 1. The molecule has 0 saturated carbocycles. The molecule has 0 aliphatic rings. The van der Waals surface area contributed by atoms with Crippen molar-refractivity contribution in [2.75, 3.05) is 13.6 Å². The second kappa shape index (κ2) is 12.3. The molecule has 162 valence electrons. The highest BCUT2D eigenvalue weighted by Gasteiger charge is 2.30. The Bertz CT molecular complexity index is 892. The molecule has 0 unspecified atom stereocenters. The van der Waals surface area contributed by atoms with E-state index in [1.807, 2.05) is 43.3 Å². The molecule has 0 spiro atoms. The Hall–Kier alpha value is -3.35. The van der Waals surface area contributed by atoms with Crippen molar-refractivity contribution in [3.63, 3.8) is 0 Å². The first-order valence-corrected chi connectivity index (χ1v) is 9.10. The van der Waals surface area contributed by atoms with Crippen LogP contribution >= 0.6 is 0 Å². The zero-order valence-electron chi connectivity index (χ0n) is 17.2. The van der Waals surface area contributed by atoms with Crippen molar-refractivity contribution < 1.29 is 24.1 Å². The minimum atomic E-state index is -4.60. The van der Waals surface area contributed by atoms with Gasteiger partial charge in [0, 0.05) is 14.0 Å². The lowest BCUT2D eigenvalue weighted by atomic mass is 10.0. The predicted octanol–water partition coefficient (Wildman–Crippen LogP) is 5.58. The molecule has 0 aromatic heterocycles. The van der Waals surface area contributed by atoms with Crippen molar-refractivity contribution in [3.05, 3.63) is 84.0 Å². The zero-order chi connectivity index (χ0) is 22.6. The van der Waals surface area contributed by atoms with Crippen LogP contribution in [0.25, 0.3) is 6.08 Å². The molecule has 0 radical (unpaired) electrons. The molecule has 0 heterocycles. The van der Waals surface area contributed by atoms with Crippen LogP contribution in [-0.4, -0.2) is 31.6 Å². The van der Waals surface area contributed by atoms with E-state index in [0.29, 0.717) is 6.54 Å². The molecule has 2 aromatic carbocycles. The summed E-state index contributed by atoms with van der Waals surface area (Å²) in [6.45, 7) is 7.58. The highest BCUT2D eigenvalue weighted by molar-refractivity contribution is 6.06. The van der Waals surface area contributed by atoms with E-state index in [2.05, 4.69) is 21.6 Å². The summed E-state index contributed by atoms with van der Waals surface area (Å²) in [5.41, 5.74) is 3.86. The van der Waals surface area contributed by atoms with E-state index in [1.165, 1.54) is 18.2 Å². The number of aliphatic imine (C=N–C) groups is 1. The summed E-state index contributed by atoms with van der Waals surface area (Å²) in [6.07, 6.45) is 0.657. The van der Waals surface area contributed by atoms with Crippen LogP contribution in [0.2, 0.25) is 0 Å². The second-order valence-corrected chi connectivity index (χ2v) is 6.04. The van der Waals surface area contributed by atoms with Gasteiger partial charge in [0.25, 0.3) is 0 Å². The molecule has 1 N–H and O–H groups in total. The number of benzene rings is 2. The van der Waals surface area contributed by atoms with Crippen LogP contribution in [0.15, 0.2) is 72.3 Å². The van der Waals surface area contributed by atoms with E-state index in [9.17, 15) is 18.0 Å². The Kier molecular flexibility index (Phi) is 10.1. The molecule has 0 aliphatic carbocycles. The third-order valence-electron chi connectivity index (χ3n) is 3.76. The van der Waals surface area contributed by atoms with E-state index in [0.717, 1.165) is 22.4 Å². The van der Waals surface area contributed by atoms with Crippen LogP contribution in [0.5, 0.6) is 5.75 Å². The van der Waals surface area contributed by atoms with Crippen LogP contribution in [0, 0.1) is 6.92 Å². The number of ether oxygens (including phenoxy) is 1. The number of amides is 1. The first-order chi connectivity index (χ1) is 14.2. The smallest absolute Gasteiger partial charge is 0.406 e. The van der Waals surface area contributed by atoms with Gasteiger partial charge in [-0.25, -0.2) is 0 Å². The normalized spacial score (nSPS) is 11.5. The molecule has 0 aliphatic heterocycles. The van der Waals surface area contributed by atoms with Crippen molar-refractivity contribution in [1.29, 1.82) is 0 Å². The topological polar surface area (TPSA) is 50.7 Å². The van der Waals surface area contributed by atoms with Gasteiger partial charge in [-0.2, -0.15) is 0 Å². The number of hydrogen-bond acceptors (Lipinski definition) is 3. The number of hydrogen-bond donors (Lipinski definition) is 1. The highest BCUT2D eigenvalue weighted by atomic mass is 19.4. The summed E-state index contributed by atoms with van der Waals surface area (Å²) in [5.74, 6) is -0.382. The first-order valence-electron chi connectivity index (χ1n) is 9.10. The van der Waals surface area contributed by atoms with E-state index in [4.69, 9.17) is 0 Å². The molecule has 1 amide bonds. The maximum absolute atomic E-state index is 11.6. The number of carbonyl (C=O) groups excluding carboxylic acids is 1. The first kappa shape index (κ1) is 24.7. The van der Waals surface area contributed by atoms with E-state index >= 15 is 0 Å². The number of alkyl halides is 3. The third kappa shape index (κ3) is 9.23. The summed E-state index contributed by atoms with van der Waals surface area (Å²) >= 11 is 0. The summed E-state index contributed by atoms with van der Waals surface area (Å²) in [7, 11) is 1.72. The number of halogens is 3. The van der Waals surface area contributed by atoms with Gasteiger partial charge >= 0.3 is 6.36 Å². The minimum Gasteiger partial charge on any atom is -0.406 e. The Morgan fingerprint density at radius 2 is 1.83 bits per heavy atom. The van der Waals surface area contributed by atoms with Crippen molar-refractivity contribution in [2.45, 2.75) is 20.2 Å². The van der Waals surface area contributed by atoms with Crippen LogP contribution in [0.3, 0.4) is 0 Å². The van der Waals surface area contributed by atoms with Gasteiger partial charge in [0.1, 0.15) is 5.75 Å². The largest absolute Gasteiger partial charge is 0.573 e. The van der Waals surface area contributed by atoms with Crippen molar-refractivity contribution in [3.8, 4) is 5.75 Å². The molecule has 4 nitrogen and oxygen atoms in total. The van der Waals surface area contributed by atoms with E-state index in [-0.39, 0.29) is 13.1 Å². The Labute approximate surface area is 176 Å². The Morgan fingerprint density at radius 3 is 2.37 bits per heavy atom. The molecule has 0 saturated heterocycles. The van der Waals surface area contributed by atoms with E-state index < -0.39 is 6.36 Å². The van der Waals surface area contributed by atoms with Crippen LogP contribution in [0.4, 0.5) is 13.2 Å². The van der Waals surface area contributed by atoms with Gasteiger partial charge in [-0.3, -0.25) is 9.79 Å².